The molecule has 0 radical (unpaired) electrons. The zero-order chi connectivity index (χ0) is 26.2. The van der Waals surface area contributed by atoms with Gasteiger partial charge in [0, 0.05) is 5.41 Å². The normalized spacial score (nSPS) is 12.9. The van der Waals surface area contributed by atoms with E-state index in [-0.39, 0.29) is 5.41 Å². The average Bonchev–Trinajstić information content (AvgIpc) is 3.13. The van der Waals surface area contributed by atoms with Crippen LogP contribution in [0.3, 0.4) is 0 Å². The summed E-state index contributed by atoms with van der Waals surface area (Å²) in [6.45, 7) is 4.61. The molecule has 198 valence electrons. The summed E-state index contributed by atoms with van der Waals surface area (Å²) in [5.41, 5.74) is 6.48. The van der Waals surface area contributed by atoms with Crippen LogP contribution in [0, 0.1) is 0 Å². The summed E-state index contributed by atoms with van der Waals surface area (Å²) in [5, 5.41) is 30.9. The maximum absolute atomic E-state index is 7.74. The van der Waals surface area contributed by atoms with Crippen molar-refractivity contribution in [3.05, 3.63) is 59.7 Å². The molecule has 0 aromatic heterocycles. The van der Waals surface area contributed by atoms with Gasteiger partial charge in [-0.05, 0) is 35.1 Å². The van der Waals surface area contributed by atoms with Crippen LogP contribution in [0.2, 0.25) is 0 Å². The highest BCUT2D eigenvalue weighted by Crippen LogP contribution is 2.53. The fourth-order valence-corrected chi connectivity index (χ4v) is 5.60. The van der Waals surface area contributed by atoms with Crippen molar-refractivity contribution in [2.45, 2.75) is 109 Å². The predicted molar refractivity (Wildman–Crippen MR) is 150 cm³/mol. The van der Waals surface area contributed by atoms with Crippen molar-refractivity contribution in [2.75, 3.05) is 0 Å². The second-order valence-electron chi connectivity index (χ2n) is 10.00. The number of unbranched alkanes of at least 4 members (excludes halogenated alkanes) is 10. The number of fused-ring (bicyclic) bond motifs is 3. The molecule has 1 aliphatic rings. The highest BCUT2D eigenvalue weighted by molar-refractivity contribution is 6.48. The SMILES string of the molecule is CCCCCCCCC1(CCCCCCCC)c2ccccc2-c2ccccc21.OB(O)OB(O)O. The van der Waals surface area contributed by atoms with Crippen LogP contribution in [0.5, 0.6) is 0 Å². The Morgan fingerprint density at radius 3 is 1.28 bits per heavy atom. The molecule has 0 saturated heterocycles. The molecule has 0 saturated carbocycles. The van der Waals surface area contributed by atoms with Crippen LogP contribution in [0.15, 0.2) is 48.5 Å². The van der Waals surface area contributed by atoms with Crippen molar-refractivity contribution >= 4 is 14.6 Å². The third-order valence-corrected chi connectivity index (χ3v) is 7.33. The monoisotopic (exact) mass is 496 g/mol. The molecule has 0 bridgehead atoms. The lowest BCUT2D eigenvalue weighted by Gasteiger charge is -2.33. The van der Waals surface area contributed by atoms with E-state index in [0.717, 1.165) is 0 Å². The van der Waals surface area contributed by atoms with Crippen molar-refractivity contribution in [3.63, 3.8) is 0 Å². The zero-order valence-corrected chi connectivity index (χ0v) is 22.4. The highest BCUT2D eigenvalue weighted by Gasteiger charge is 2.41. The minimum Gasteiger partial charge on any atom is -0.402 e. The largest absolute Gasteiger partial charge is 0.621 e. The van der Waals surface area contributed by atoms with Gasteiger partial charge in [0.2, 0.25) is 0 Å². The maximum Gasteiger partial charge on any atom is 0.621 e. The molecule has 0 spiro atoms. The van der Waals surface area contributed by atoms with Crippen molar-refractivity contribution in [1.29, 1.82) is 0 Å². The van der Waals surface area contributed by atoms with Gasteiger partial charge < -0.3 is 24.7 Å². The van der Waals surface area contributed by atoms with Gasteiger partial charge in [0.1, 0.15) is 0 Å². The van der Waals surface area contributed by atoms with Crippen LogP contribution >= 0.6 is 0 Å². The Labute approximate surface area is 219 Å². The molecular formula is C29H46B2O5. The smallest absolute Gasteiger partial charge is 0.402 e. The third kappa shape index (κ3) is 9.35. The maximum atomic E-state index is 7.74. The van der Waals surface area contributed by atoms with Crippen LogP contribution in [-0.4, -0.2) is 34.7 Å². The van der Waals surface area contributed by atoms with Crippen LogP contribution in [-0.2, 0) is 9.99 Å². The Kier molecular flexibility index (Phi) is 14.4. The van der Waals surface area contributed by atoms with Gasteiger partial charge >= 0.3 is 14.6 Å². The van der Waals surface area contributed by atoms with E-state index >= 15 is 0 Å². The van der Waals surface area contributed by atoms with Gasteiger partial charge in [-0.2, -0.15) is 0 Å². The van der Waals surface area contributed by atoms with Crippen LogP contribution < -0.4 is 0 Å². The summed E-state index contributed by atoms with van der Waals surface area (Å²) >= 11 is 0. The zero-order valence-electron chi connectivity index (χ0n) is 22.4. The summed E-state index contributed by atoms with van der Waals surface area (Å²) in [6, 6.07) is 18.6. The molecule has 3 rings (SSSR count). The Morgan fingerprint density at radius 2 is 0.917 bits per heavy atom. The van der Waals surface area contributed by atoms with Crippen molar-refractivity contribution in [1.82, 2.24) is 0 Å². The number of hydrogen-bond donors (Lipinski definition) is 4. The quantitative estimate of drug-likeness (QED) is 0.160. The molecule has 0 fully saturated rings. The summed E-state index contributed by atoms with van der Waals surface area (Å²) < 4.78 is 3.47. The fourth-order valence-electron chi connectivity index (χ4n) is 5.60. The molecule has 0 unspecified atom stereocenters. The number of rotatable bonds is 16. The average molecular weight is 496 g/mol. The summed E-state index contributed by atoms with van der Waals surface area (Å²) in [6.07, 6.45) is 19.3. The Balaban J connectivity index is 0.000000572. The topological polar surface area (TPSA) is 90.2 Å². The van der Waals surface area contributed by atoms with Gasteiger partial charge in [0.25, 0.3) is 0 Å². The standard InChI is InChI=1S/C29H42.B2H4O5/c1-3-5-7-9-11-17-23-29(24-18-12-10-8-6-4-2)27-21-15-13-19-25(27)26-20-14-16-22-28(26)29;3-1(4)7-2(5)6/h13-16,19-22H,3-12,17-18,23-24H2,1-2H3;3-6H. The first-order valence-electron chi connectivity index (χ1n) is 14.0. The van der Waals surface area contributed by atoms with Crippen LogP contribution in [0.25, 0.3) is 11.1 Å². The predicted octanol–water partition coefficient (Wildman–Crippen LogP) is 6.40. The molecule has 2 aromatic rings. The van der Waals surface area contributed by atoms with Crippen LogP contribution in [0.1, 0.15) is 115 Å². The molecule has 5 nitrogen and oxygen atoms in total. The Hall–Kier alpha value is -1.63. The second kappa shape index (κ2) is 17.0. The molecule has 4 N–H and O–H groups in total. The number of benzene rings is 2. The lowest BCUT2D eigenvalue weighted by atomic mass is 9.70. The number of hydrogen-bond acceptors (Lipinski definition) is 5. The Morgan fingerprint density at radius 1 is 0.556 bits per heavy atom. The molecule has 0 heterocycles. The fraction of sp³-hybridized carbons (Fsp3) is 0.586. The van der Waals surface area contributed by atoms with E-state index in [1.54, 1.807) is 11.1 Å². The Bertz CT molecular complexity index is 790. The van der Waals surface area contributed by atoms with Gasteiger partial charge in [-0.15, -0.1) is 0 Å². The van der Waals surface area contributed by atoms with Crippen molar-refractivity contribution in [3.8, 4) is 11.1 Å². The highest BCUT2D eigenvalue weighted by atomic mass is 16.7. The molecule has 7 heteroatoms. The summed E-state index contributed by atoms with van der Waals surface area (Å²) in [4.78, 5) is 0. The van der Waals surface area contributed by atoms with Crippen molar-refractivity contribution < 1.29 is 24.7 Å². The van der Waals surface area contributed by atoms with Gasteiger partial charge in [-0.3, -0.25) is 0 Å². The third-order valence-electron chi connectivity index (χ3n) is 7.33. The van der Waals surface area contributed by atoms with Gasteiger partial charge in [0.05, 0.1) is 0 Å². The molecule has 2 aromatic carbocycles. The van der Waals surface area contributed by atoms with Crippen LogP contribution in [0.4, 0.5) is 0 Å². The molecular weight excluding hydrogens is 450 g/mol. The lowest BCUT2D eigenvalue weighted by molar-refractivity contribution is 0.213. The minimum absolute atomic E-state index is 0.253. The van der Waals surface area contributed by atoms with Crippen molar-refractivity contribution in [2.24, 2.45) is 0 Å². The molecule has 0 atom stereocenters. The van der Waals surface area contributed by atoms with E-state index in [2.05, 4.69) is 67.0 Å². The molecule has 36 heavy (non-hydrogen) atoms. The molecule has 1 aliphatic carbocycles. The molecule has 0 aliphatic heterocycles. The van der Waals surface area contributed by atoms with E-state index in [0.29, 0.717) is 0 Å². The van der Waals surface area contributed by atoms with E-state index < -0.39 is 14.6 Å². The summed E-state index contributed by atoms with van der Waals surface area (Å²) in [7, 11) is -4.25. The second-order valence-corrected chi connectivity index (χ2v) is 10.00. The van der Waals surface area contributed by atoms with E-state index in [1.807, 2.05) is 0 Å². The first-order chi connectivity index (χ1) is 17.5. The van der Waals surface area contributed by atoms with E-state index in [9.17, 15) is 0 Å². The molecule has 0 amide bonds. The van der Waals surface area contributed by atoms with E-state index in [1.165, 1.54) is 101 Å². The first-order valence-corrected chi connectivity index (χ1v) is 14.0. The van der Waals surface area contributed by atoms with Gasteiger partial charge in [-0.25, -0.2) is 0 Å². The first kappa shape index (κ1) is 30.6. The summed E-state index contributed by atoms with van der Waals surface area (Å²) in [5.74, 6) is 0. The minimum atomic E-state index is -2.13. The van der Waals surface area contributed by atoms with E-state index in [4.69, 9.17) is 20.1 Å². The van der Waals surface area contributed by atoms with Gasteiger partial charge in [0.15, 0.2) is 0 Å². The van der Waals surface area contributed by atoms with Gasteiger partial charge in [-0.1, -0.05) is 139 Å². The lowest BCUT2D eigenvalue weighted by Crippen LogP contribution is -2.28.